The highest BCUT2D eigenvalue weighted by Crippen LogP contribution is 2.37. The normalized spacial score (nSPS) is 20.2. The molecule has 1 aliphatic carbocycles. The first-order chi connectivity index (χ1) is 6.05. The van der Waals surface area contributed by atoms with Crippen molar-refractivity contribution in [2.45, 2.75) is 38.0 Å². The van der Waals surface area contributed by atoms with Gasteiger partial charge >= 0.3 is 0 Å². The van der Waals surface area contributed by atoms with Crippen molar-refractivity contribution in [2.75, 3.05) is 11.5 Å². The quantitative estimate of drug-likeness (QED) is 0.649. The van der Waals surface area contributed by atoms with E-state index in [-0.39, 0.29) is 11.1 Å². The molecule has 0 saturated heterocycles. The molecule has 0 aromatic rings. The highest BCUT2D eigenvalue weighted by atomic mass is 35.5. The van der Waals surface area contributed by atoms with Gasteiger partial charge in [0.2, 0.25) is 0 Å². The van der Waals surface area contributed by atoms with Crippen molar-refractivity contribution in [3.05, 3.63) is 0 Å². The van der Waals surface area contributed by atoms with Gasteiger partial charge in [-0.05, 0) is 31.6 Å². The van der Waals surface area contributed by atoms with E-state index in [1.54, 1.807) is 6.92 Å². The summed E-state index contributed by atoms with van der Waals surface area (Å²) in [7, 11) is -2.78. The summed E-state index contributed by atoms with van der Waals surface area (Å²) in [6.07, 6.45) is 4.04. The summed E-state index contributed by atoms with van der Waals surface area (Å²) in [5.41, 5.74) is 0. The van der Waals surface area contributed by atoms with Crippen LogP contribution in [0.25, 0.3) is 0 Å². The zero-order chi connectivity index (χ0) is 9.90. The Morgan fingerprint density at radius 1 is 1.46 bits per heavy atom. The zero-order valence-corrected chi connectivity index (χ0v) is 9.57. The summed E-state index contributed by atoms with van der Waals surface area (Å²) >= 11 is 6.06. The predicted molar refractivity (Wildman–Crippen MR) is 55.9 cm³/mol. The number of sulfone groups is 1. The standard InChI is InChI=1S/C9H17ClO2S/c1-2-13(11,12)7-3-4-9(10)8-5-6-8/h8-9H,2-7H2,1H3. The molecule has 0 amide bonds. The van der Waals surface area contributed by atoms with Crippen LogP contribution in [0.3, 0.4) is 0 Å². The van der Waals surface area contributed by atoms with Crippen molar-refractivity contribution in [1.29, 1.82) is 0 Å². The second kappa shape index (κ2) is 4.65. The Morgan fingerprint density at radius 3 is 2.54 bits per heavy atom. The van der Waals surface area contributed by atoms with Crippen LogP contribution >= 0.6 is 11.6 Å². The molecule has 1 saturated carbocycles. The Kier molecular flexibility index (Phi) is 4.05. The van der Waals surface area contributed by atoms with E-state index >= 15 is 0 Å². The molecule has 0 aromatic carbocycles. The lowest BCUT2D eigenvalue weighted by molar-refractivity contribution is 0.588. The summed E-state index contributed by atoms with van der Waals surface area (Å²) in [5, 5.41) is 0.215. The SMILES string of the molecule is CCS(=O)(=O)CCCC(Cl)C1CC1. The second-order valence-electron chi connectivity index (χ2n) is 3.73. The van der Waals surface area contributed by atoms with E-state index in [0.717, 1.165) is 12.8 Å². The molecule has 0 radical (unpaired) electrons. The fourth-order valence-electron chi connectivity index (χ4n) is 1.34. The van der Waals surface area contributed by atoms with Crippen molar-refractivity contribution >= 4 is 21.4 Å². The molecular weight excluding hydrogens is 208 g/mol. The Balaban J connectivity index is 2.12. The Bertz CT molecular complexity index is 244. The summed E-state index contributed by atoms with van der Waals surface area (Å²) in [4.78, 5) is 0. The molecule has 1 rings (SSSR count). The Labute approximate surface area is 85.6 Å². The van der Waals surface area contributed by atoms with Gasteiger partial charge in [-0.3, -0.25) is 0 Å². The highest BCUT2D eigenvalue weighted by molar-refractivity contribution is 7.91. The molecule has 0 aliphatic heterocycles. The molecule has 0 heterocycles. The van der Waals surface area contributed by atoms with E-state index in [1.165, 1.54) is 12.8 Å². The van der Waals surface area contributed by atoms with E-state index in [2.05, 4.69) is 0 Å². The fourth-order valence-corrected chi connectivity index (χ4v) is 2.64. The monoisotopic (exact) mass is 224 g/mol. The molecule has 78 valence electrons. The fraction of sp³-hybridized carbons (Fsp3) is 1.00. The maximum Gasteiger partial charge on any atom is 0.150 e. The molecule has 4 heteroatoms. The molecule has 0 bridgehead atoms. The maximum atomic E-state index is 11.1. The van der Waals surface area contributed by atoms with Crippen molar-refractivity contribution in [3.63, 3.8) is 0 Å². The van der Waals surface area contributed by atoms with Crippen LogP contribution in [0.2, 0.25) is 0 Å². The van der Waals surface area contributed by atoms with Gasteiger partial charge in [0.1, 0.15) is 9.84 Å². The minimum atomic E-state index is -2.78. The van der Waals surface area contributed by atoms with Crippen LogP contribution in [0.1, 0.15) is 32.6 Å². The first-order valence-electron chi connectivity index (χ1n) is 4.89. The molecule has 0 aromatic heterocycles. The van der Waals surface area contributed by atoms with Crippen LogP contribution in [0.5, 0.6) is 0 Å². The largest absolute Gasteiger partial charge is 0.229 e. The number of halogens is 1. The van der Waals surface area contributed by atoms with Crippen molar-refractivity contribution in [3.8, 4) is 0 Å². The van der Waals surface area contributed by atoms with Crippen LogP contribution < -0.4 is 0 Å². The predicted octanol–water partition coefficient (Wildman–Crippen LogP) is 2.22. The van der Waals surface area contributed by atoms with Crippen LogP contribution in [-0.4, -0.2) is 25.3 Å². The minimum Gasteiger partial charge on any atom is -0.229 e. The van der Waals surface area contributed by atoms with Gasteiger partial charge in [0, 0.05) is 11.1 Å². The molecule has 2 nitrogen and oxygen atoms in total. The zero-order valence-electron chi connectivity index (χ0n) is 8.00. The van der Waals surface area contributed by atoms with E-state index in [0.29, 0.717) is 11.7 Å². The van der Waals surface area contributed by atoms with Crippen molar-refractivity contribution in [1.82, 2.24) is 0 Å². The van der Waals surface area contributed by atoms with Gasteiger partial charge in [0.25, 0.3) is 0 Å². The van der Waals surface area contributed by atoms with Crippen LogP contribution in [-0.2, 0) is 9.84 Å². The van der Waals surface area contributed by atoms with Crippen molar-refractivity contribution < 1.29 is 8.42 Å². The van der Waals surface area contributed by atoms with E-state index in [4.69, 9.17) is 11.6 Å². The third kappa shape index (κ3) is 4.32. The van der Waals surface area contributed by atoms with Gasteiger partial charge in [-0.25, -0.2) is 8.42 Å². The van der Waals surface area contributed by atoms with E-state index in [9.17, 15) is 8.42 Å². The summed E-state index contributed by atoms with van der Waals surface area (Å²) in [5.74, 6) is 1.23. The number of hydrogen-bond donors (Lipinski definition) is 0. The molecule has 1 fully saturated rings. The lowest BCUT2D eigenvalue weighted by atomic mass is 10.2. The minimum absolute atomic E-state index is 0.215. The molecule has 13 heavy (non-hydrogen) atoms. The van der Waals surface area contributed by atoms with Crippen LogP contribution in [0, 0.1) is 5.92 Å². The average molecular weight is 225 g/mol. The third-order valence-corrected chi connectivity index (χ3v) is 4.87. The van der Waals surface area contributed by atoms with Gasteiger partial charge in [-0.1, -0.05) is 6.92 Å². The smallest absolute Gasteiger partial charge is 0.150 e. The highest BCUT2D eigenvalue weighted by Gasteiger charge is 2.29. The molecular formula is C9H17ClO2S. The Hall–Kier alpha value is 0.240. The van der Waals surface area contributed by atoms with E-state index < -0.39 is 9.84 Å². The summed E-state index contributed by atoms with van der Waals surface area (Å²) < 4.78 is 22.2. The summed E-state index contributed by atoms with van der Waals surface area (Å²) in [6, 6.07) is 0. The van der Waals surface area contributed by atoms with E-state index in [1.807, 2.05) is 0 Å². The van der Waals surface area contributed by atoms with Gasteiger partial charge < -0.3 is 0 Å². The lowest BCUT2D eigenvalue weighted by Gasteiger charge is -2.06. The third-order valence-electron chi connectivity index (χ3n) is 2.51. The van der Waals surface area contributed by atoms with Crippen LogP contribution in [0.4, 0.5) is 0 Å². The lowest BCUT2D eigenvalue weighted by Crippen LogP contribution is -2.11. The molecule has 0 spiro atoms. The average Bonchev–Trinajstić information content (AvgIpc) is 2.86. The molecule has 0 N–H and O–H groups in total. The van der Waals surface area contributed by atoms with Gasteiger partial charge in [-0.2, -0.15) is 0 Å². The topological polar surface area (TPSA) is 34.1 Å². The molecule has 1 aliphatic rings. The first-order valence-corrected chi connectivity index (χ1v) is 7.15. The number of rotatable bonds is 6. The van der Waals surface area contributed by atoms with Gasteiger partial charge in [0.15, 0.2) is 0 Å². The second-order valence-corrected chi connectivity index (χ2v) is 6.77. The molecule has 1 atom stereocenters. The van der Waals surface area contributed by atoms with Crippen LogP contribution in [0.15, 0.2) is 0 Å². The maximum absolute atomic E-state index is 11.1. The Morgan fingerprint density at radius 2 is 2.08 bits per heavy atom. The molecule has 1 unspecified atom stereocenters. The van der Waals surface area contributed by atoms with Gasteiger partial charge in [-0.15, -0.1) is 11.6 Å². The number of alkyl halides is 1. The van der Waals surface area contributed by atoms with Crippen molar-refractivity contribution in [2.24, 2.45) is 5.92 Å². The van der Waals surface area contributed by atoms with Gasteiger partial charge in [0.05, 0.1) is 5.75 Å². The summed E-state index contributed by atoms with van der Waals surface area (Å²) in [6.45, 7) is 1.69. The first kappa shape index (κ1) is 11.3. The number of hydrogen-bond acceptors (Lipinski definition) is 2.